The molecule has 1 rings (SSSR count). The van der Waals surface area contributed by atoms with Gasteiger partial charge in [-0.1, -0.05) is 34.1 Å². The van der Waals surface area contributed by atoms with Crippen molar-refractivity contribution in [1.82, 2.24) is 5.32 Å². The number of esters is 1. The van der Waals surface area contributed by atoms with E-state index in [2.05, 4.69) is 5.32 Å². The number of carbonyl (C=O) groups excluding carboxylic acids is 2. The fourth-order valence-corrected chi connectivity index (χ4v) is 1.81. The smallest absolute Gasteiger partial charge is 0.329 e. The number of carbonyl (C=O) groups is 2. The summed E-state index contributed by atoms with van der Waals surface area (Å²) in [7, 11) is 0. The molecule has 1 atom stereocenters. The van der Waals surface area contributed by atoms with E-state index in [4.69, 9.17) is 10.00 Å². The topological polar surface area (TPSA) is 79.2 Å². The van der Waals surface area contributed by atoms with Crippen molar-refractivity contribution in [3.05, 3.63) is 0 Å². The SMILES string of the molecule is CCCCOC(=O)[C@@H](NC(=O)C1(C#N)CC1)C(C)(C)C. The third-order valence-corrected chi connectivity index (χ3v) is 3.52. The first-order valence-electron chi connectivity index (χ1n) is 7.15. The summed E-state index contributed by atoms with van der Waals surface area (Å²) in [6.45, 7) is 7.97. The van der Waals surface area contributed by atoms with Crippen molar-refractivity contribution >= 4 is 11.9 Å². The molecule has 1 saturated carbocycles. The average Bonchev–Trinajstić information content (AvgIpc) is 3.15. The molecular weight excluding hydrogens is 256 g/mol. The van der Waals surface area contributed by atoms with Gasteiger partial charge in [0.2, 0.25) is 5.91 Å². The van der Waals surface area contributed by atoms with E-state index in [1.54, 1.807) is 0 Å². The maximum Gasteiger partial charge on any atom is 0.329 e. The summed E-state index contributed by atoms with van der Waals surface area (Å²) < 4.78 is 5.20. The Balaban J connectivity index is 2.69. The summed E-state index contributed by atoms with van der Waals surface area (Å²) in [4.78, 5) is 24.2. The molecule has 0 aromatic rings. The Bertz CT molecular complexity index is 414. The summed E-state index contributed by atoms with van der Waals surface area (Å²) >= 11 is 0. The minimum atomic E-state index is -0.923. The molecule has 1 aliphatic rings. The highest BCUT2D eigenvalue weighted by molar-refractivity contribution is 5.92. The van der Waals surface area contributed by atoms with E-state index >= 15 is 0 Å². The van der Waals surface area contributed by atoms with Gasteiger partial charge in [-0.15, -0.1) is 0 Å². The molecule has 0 saturated heterocycles. The molecule has 1 amide bonds. The first kappa shape index (κ1) is 16.5. The van der Waals surface area contributed by atoms with Gasteiger partial charge in [-0.3, -0.25) is 4.79 Å². The lowest BCUT2D eigenvalue weighted by Gasteiger charge is -2.30. The second-order valence-electron chi connectivity index (χ2n) is 6.49. The molecule has 0 aromatic heterocycles. The highest BCUT2D eigenvalue weighted by Crippen LogP contribution is 2.45. The number of nitriles is 1. The van der Waals surface area contributed by atoms with Crippen molar-refractivity contribution < 1.29 is 14.3 Å². The molecule has 0 unspecified atom stereocenters. The quantitative estimate of drug-likeness (QED) is 0.597. The largest absolute Gasteiger partial charge is 0.464 e. The fourth-order valence-electron chi connectivity index (χ4n) is 1.81. The van der Waals surface area contributed by atoms with Gasteiger partial charge in [0.1, 0.15) is 11.5 Å². The maximum absolute atomic E-state index is 12.1. The predicted molar refractivity (Wildman–Crippen MR) is 74.5 cm³/mol. The highest BCUT2D eigenvalue weighted by atomic mass is 16.5. The zero-order chi connectivity index (χ0) is 15.4. The normalized spacial score (nSPS) is 17.8. The number of rotatable bonds is 6. The van der Waals surface area contributed by atoms with Gasteiger partial charge in [0, 0.05) is 0 Å². The number of unbranched alkanes of at least 4 members (excludes halogenated alkanes) is 1. The average molecular weight is 280 g/mol. The van der Waals surface area contributed by atoms with E-state index in [0.29, 0.717) is 19.4 Å². The molecule has 0 radical (unpaired) electrons. The first-order valence-corrected chi connectivity index (χ1v) is 7.15. The molecule has 0 aromatic carbocycles. The zero-order valence-corrected chi connectivity index (χ0v) is 12.8. The van der Waals surface area contributed by atoms with Crippen molar-refractivity contribution in [3.8, 4) is 6.07 Å². The molecule has 20 heavy (non-hydrogen) atoms. The van der Waals surface area contributed by atoms with E-state index in [1.807, 2.05) is 33.8 Å². The standard InChI is InChI=1S/C15H24N2O3/c1-5-6-9-20-12(18)11(14(2,3)4)17-13(19)15(10-16)7-8-15/h11H,5-9H2,1-4H3,(H,17,19)/t11-/m1/s1. The predicted octanol–water partition coefficient (Wildman–Crippen LogP) is 2.16. The van der Waals surface area contributed by atoms with Crippen LogP contribution in [0.15, 0.2) is 0 Å². The minimum Gasteiger partial charge on any atom is -0.464 e. The minimum absolute atomic E-state index is 0.354. The molecular formula is C15H24N2O3. The number of nitrogens with zero attached hydrogens (tertiary/aromatic N) is 1. The van der Waals surface area contributed by atoms with Gasteiger partial charge in [0.15, 0.2) is 0 Å². The summed E-state index contributed by atoms with van der Waals surface area (Å²) in [5.74, 6) is -0.777. The maximum atomic E-state index is 12.1. The summed E-state index contributed by atoms with van der Waals surface area (Å²) in [5.41, 5.74) is -1.38. The molecule has 5 heteroatoms. The lowest BCUT2D eigenvalue weighted by Crippen LogP contribution is -2.51. The van der Waals surface area contributed by atoms with Crippen LogP contribution in [-0.4, -0.2) is 24.5 Å². The van der Waals surface area contributed by atoms with E-state index in [0.717, 1.165) is 12.8 Å². The molecule has 0 heterocycles. The summed E-state index contributed by atoms with van der Waals surface area (Å²) in [6.07, 6.45) is 2.88. The molecule has 0 spiro atoms. The number of nitrogens with one attached hydrogen (secondary N) is 1. The fraction of sp³-hybridized carbons (Fsp3) is 0.800. The van der Waals surface area contributed by atoms with Gasteiger partial charge in [-0.25, -0.2) is 4.79 Å². The van der Waals surface area contributed by atoms with Crippen molar-refractivity contribution in [1.29, 1.82) is 5.26 Å². The number of hydrogen-bond acceptors (Lipinski definition) is 4. The van der Waals surface area contributed by atoms with E-state index in [-0.39, 0.29) is 5.91 Å². The zero-order valence-electron chi connectivity index (χ0n) is 12.8. The summed E-state index contributed by atoms with van der Waals surface area (Å²) in [6, 6.07) is 1.31. The Morgan fingerprint density at radius 1 is 1.40 bits per heavy atom. The van der Waals surface area contributed by atoms with Gasteiger partial charge < -0.3 is 10.1 Å². The third-order valence-electron chi connectivity index (χ3n) is 3.52. The van der Waals surface area contributed by atoms with Crippen LogP contribution in [0.5, 0.6) is 0 Å². The molecule has 1 aliphatic carbocycles. The summed E-state index contributed by atoms with van der Waals surface area (Å²) in [5, 5.41) is 11.7. The van der Waals surface area contributed by atoms with Crippen LogP contribution in [0.4, 0.5) is 0 Å². The number of amides is 1. The molecule has 1 fully saturated rings. The van der Waals surface area contributed by atoms with Crippen LogP contribution >= 0.6 is 0 Å². The molecule has 0 aliphatic heterocycles. The molecule has 112 valence electrons. The Hall–Kier alpha value is -1.57. The Labute approximate surface area is 120 Å². The van der Waals surface area contributed by atoms with Crippen LogP contribution in [-0.2, 0) is 14.3 Å². The number of ether oxygens (including phenoxy) is 1. The van der Waals surface area contributed by atoms with Crippen molar-refractivity contribution in [2.75, 3.05) is 6.61 Å². The van der Waals surface area contributed by atoms with Gasteiger partial charge in [-0.2, -0.15) is 5.26 Å². The Morgan fingerprint density at radius 3 is 2.40 bits per heavy atom. The lowest BCUT2D eigenvalue weighted by molar-refractivity contribution is -0.151. The van der Waals surface area contributed by atoms with Crippen LogP contribution in [0.25, 0.3) is 0 Å². The van der Waals surface area contributed by atoms with Crippen LogP contribution in [0, 0.1) is 22.2 Å². The molecule has 1 N–H and O–H groups in total. The Morgan fingerprint density at radius 2 is 2.00 bits per heavy atom. The highest BCUT2D eigenvalue weighted by Gasteiger charge is 2.52. The van der Waals surface area contributed by atoms with Crippen LogP contribution in [0.2, 0.25) is 0 Å². The van der Waals surface area contributed by atoms with E-state index < -0.39 is 22.8 Å². The van der Waals surface area contributed by atoms with Gasteiger partial charge in [0.25, 0.3) is 0 Å². The van der Waals surface area contributed by atoms with Crippen LogP contribution in [0.1, 0.15) is 53.4 Å². The molecule has 5 nitrogen and oxygen atoms in total. The van der Waals surface area contributed by atoms with E-state index in [1.165, 1.54) is 0 Å². The van der Waals surface area contributed by atoms with Crippen LogP contribution in [0.3, 0.4) is 0 Å². The van der Waals surface area contributed by atoms with Crippen LogP contribution < -0.4 is 5.32 Å². The lowest BCUT2D eigenvalue weighted by atomic mass is 9.86. The van der Waals surface area contributed by atoms with E-state index in [9.17, 15) is 9.59 Å². The molecule has 0 bridgehead atoms. The van der Waals surface area contributed by atoms with Crippen molar-refractivity contribution in [2.24, 2.45) is 10.8 Å². The number of hydrogen-bond donors (Lipinski definition) is 1. The van der Waals surface area contributed by atoms with Gasteiger partial charge >= 0.3 is 5.97 Å². The third kappa shape index (κ3) is 3.96. The van der Waals surface area contributed by atoms with Crippen molar-refractivity contribution in [2.45, 2.75) is 59.4 Å². The van der Waals surface area contributed by atoms with Gasteiger partial charge in [-0.05, 0) is 24.7 Å². The monoisotopic (exact) mass is 280 g/mol. The van der Waals surface area contributed by atoms with Crippen molar-refractivity contribution in [3.63, 3.8) is 0 Å². The Kier molecular flexibility index (Phi) is 5.15. The first-order chi connectivity index (χ1) is 9.27. The van der Waals surface area contributed by atoms with Gasteiger partial charge in [0.05, 0.1) is 12.7 Å². The second-order valence-corrected chi connectivity index (χ2v) is 6.49. The second kappa shape index (κ2) is 6.25.